The number of aromatic nitrogens is 1. The number of benzene rings is 1. The van der Waals surface area contributed by atoms with Crippen LogP contribution in [0.25, 0.3) is 11.3 Å². The van der Waals surface area contributed by atoms with E-state index in [0.717, 1.165) is 11.3 Å². The normalized spacial score (nSPS) is 16.2. The fraction of sp³-hybridized carbons (Fsp3) is 0.474. The van der Waals surface area contributed by atoms with Crippen molar-refractivity contribution in [3.8, 4) is 11.3 Å². The van der Waals surface area contributed by atoms with E-state index >= 15 is 0 Å². The summed E-state index contributed by atoms with van der Waals surface area (Å²) in [6, 6.07) is 6.17. The number of nitrogens with one attached hydrogen (secondary N) is 2. The second-order valence-corrected chi connectivity index (χ2v) is 9.96. The number of hydrogen-bond acceptors (Lipinski definition) is 6. The Morgan fingerprint density at radius 1 is 1.25 bits per heavy atom. The molecule has 0 atom stereocenters. The molecule has 1 aliphatic rings. The Hall–Kier alpha value is -1.81. The molecule has 7 nitrogen and oxygen atoms in total. The molecule has 0 radical (unpaired) electrons. The van der Waals surface area contributed by atoms with Gasteiger partial charge in [0.2, 0.25) is 15.9 Å². The average molecular weight is 423 g/mol. The number of likely N-dealkylation sites (tertiary alicyclic amines) is 1. The summed E-state index contributed by atoms with van der Waals surface area (Å²) in [5, 5.41) is 5.41. The third-order valence-corrected chi connectivity index (χ3v) is 6.41. The highest BCUT2D eigenvalue weighted by Crippen LogP contribution is 2.26. The van der Waals surface area contributed by atoms with E-state index in [1.807, 2.05) is 16.3 Å². The van der Waals surface area contributed by atoms with Gasteiger partial charge < -0.3 is 5.32 Å². The topological polar surface area (TPSA) is 91.4 Å². The van der Waals surface area contributed by atoms with E-state index in [0.29, 0.717) is 31.1 Å². The summed E-state index contributed by atoms with van der Waals surface area (Å²) >= 11 is 1.41. The summed E-state index contributed by atoms with van der Waals surface area (Å²) in [5.74, 6) is -0.101. The molecule has 0 saturated carbocycles. The van der Waals surface area contributed by atoms with E-state index < -0.39 is 10.0 Å². The molecule has 2 heterocycles. The third kappa shape index (κ3) is 5.84. The van der Waals surface area contributed by atoms with Crippen molar-refractivity contribution in [2.75, 3.05) is 31.2 Å². The summed E-state index contributed by atoms with van der Waals surface area (Å²) in [6.07, 6.45) is 2.58. The van der Waals surface area contributed by atoms with Gasteiger partial charge in [0.25, 0.3) is 0 Å². The minimum atomic E-state index is -3.19. The second kappa shape index (κ2) is 8.69. The molecule has 1 saturated heterocycles. The van der Waals surface area contributed by atoms with Crippen molar-refractivity contribution in [2.24, 2.45) is 0 Å². The minimum absolute atomic E-state index is 0.0474. The highest BCUT2D eigenvalue weighted by atomic mass is 32.2. The van der Waals surface area contributed by atoms with Gasteiger partial charge in [0.15, 0.2) is 5.13 Å². The largest absolute Gasteiger partial charge is 0.301 e. The molecule has 3 rings (SSSR count). The van der Waals surface area contributed by atoms with Gasteiger partial charge in [0, 0.05) is 30.1 Å². The van der Waals surface area contributed by atoms with Crippen LogP contribution in [0.3, 0.4) is 0 Å². The zero-order valence-electron chi connectivity index (χ0n) is 16.4. The number of rotatable bonds is 6. The van der Waals surface area contributed by atoms with E-state index in [2.05, 4.69) is 41.0 Å². The molecule has 1 aromatic heterocycles. The Labute approximate surface area is 170 Å². The standard InChI is InChI=1S/C19H26N4O3S2/c1-13-4-5-15(10-14(13)2)17-12-27-19(20-17)21-18(24)11-23-8-6-16(7-9-23)22-28(3,25)26/h4-5,10,12,16,22H,6-9,11H2,1-3H3,(H,20,21,24). The number of amides is 1. The lowest BCUT2D eigenvalue weighted by atomic mass is 10.1. The Bertz CT molecular complexity index is 948. The first kappa shape index (κ1) is 20.9. The van der Waals surface area contributed by atoms with E-state index in [4.69, 9.17) is 0 Å². The highest BCUT2D eigenvalue weighted by molar-refractivity contribution is 7.88. The van der Waals surface area contributed by atoms with E-state index in [1.54, 1.807) is 0 Å². The zero-order chi connectivity index (χ0) is 20.3. The lowest BCUT2D eigenvalue weighted by molar-refractivity contribution is -0.117. The molecule has 1 aromatic carbocycles. The predicted molar refractivity (Wildman–Crippen MR) is 113 cm³/mol. The summed E-state index contributed by atoms with van der Waals surface area (Å²) in [4.78, 5) is 18.9. The predicted octanol–water partition coefficient (Wildman–Crippen LogP) is 2.38. The molecule has 0 spiro atoms. The van der Waals surface area contributed by atoms with Crippen LogP contribution in [0.5, 0.6) is 0 Å². The number of carbonyl (C=O) groups excluding carboxylic acids is 1. The molecular formula is C19H26N4O3S2. The molecule has 2 N–H and O–H groups in total. The molecular weight excluding hydrogens is 396 g/mol. The van der Waals surface area contributed by atoms with Crippen LogP contribution >= 0.6 is 11.3 Å². The van der Waals surface area contributed by atoms with Crippen molar-refractivity contribution in [1.82, 2.24) is 14.6 Å². The van der Waals surface area contributed by atoms with Crippen molar-refractivity contribution < 1.29 is 13.2 Å². The van der Waals surface area contributed by atoms with Crippen molar-refractivity contribution in [2.45, 2.75) is 32.7 Å². The molecule has 1 amide bonds. The van der Waals surface area contributed by atoms with Gasteiger partial charge in [-0.25, -0.2) is 18.1 Å². The van der Waals surface area contributed by atoms with Crippen molar-refractivity contribution in [3.05, 3.63) is 34.7 Å². The van der Waals surface area contributed by atoms with Crippen molar-refractivity contribution >= 4 is 32.4 Å². The zero-order valence-corrected chi connectivity index (χ0v) is 18.0. The summed E-state index contributed by atoms with van der Waals surface area (Å²) in [5.41, 5.74) is 4.35. The molecule has 1 fully saturated rings. The second-order valence-electron chi connectivity index (χ2n) is 7.33. The van der Waals surface area contributed by atoms with Crippen LogP contribution in [0.4, 0.5) is 5.13 Å². The van der Waals surface area contributed by atoms with Gasteiger partial charge in [0.1, 0.15) is 0 Å². The molecule has 0 bridgehead atoms. The van der Waals surface area contributed by atoms with Gasteiger partial charge in [-0.1, -0.05) is 12.1 Å². The Morgan fingerprint density at radius 3 is 2.61 bits per heavy atom. The van der Waals surface area contributed by atoms with Crippen LogP contribution in [0.1, 0.15) is 24.0 Å². The van der Waals surface area contributed by atoms with Crippen molar-refractivity contribution in [3.63, 3.8) is 0 Å². The summed E-state index contributed by atoms with van der Waals surface area (Å²) in [6.45, 7) is 5.80. The SMILES string of the molecule is Cc1ccc(-c2csc(NC(=O)CN3CCC(NS(C)(=O)=O)CC3)n2)cc1C. The van der Waals surface area contributed by atoms with E-state index in [9.17, 15) is 13.2 Å². The molecule has 2 aromatic rings. The number of thiazole rings is 1. The quantitative estimate of drug-likeness (QED) is 0.746. The van der Waals surface area contributed by atoms with E-state index in [1.165, 1.54) is 28.7 Å². The smallest absolute Gasteiger partial charge is 0.240 e. The fourth-order valence-corrected chi connectivity index (χ4v) is 4.82. The highest BCUT2D eigenvalue weighted by Gasteiger charge is 2.23. The lowest BCUT2D eigenvalue weighted by Crippen LogP contribution is -2.46. The molecule has 28 heavy (non-hydrogen) atoms. The van der Waals surface area contributed by atoms with Gasteiger partial charge in [-0.05, 0) is 43.9 Å². The summed E-state index contributed by atoms with van der Waals surface area (Å²) < 4.78 is 25.2. The number of nitrogens with zero attached hydrogens (tertiary/aromatic N) is 2. The molecule has 0 unspecified atom stereocenters. The van der Waals surface area contributed by atoms with Gasteiger partial charge in [0.05, 0.1) is 18.5 Å². The first-order valence-corrected chi connectivity index (χ1v) is 12.0. The third-order valence-electron chi connectivity index (χ3n) is 4.89. The van der Waals surface area contributed by atoms with Crippen LogP contribution in [-0.4, -0.2) is 56.1 Å². The Balaban J connectivity index is 1.51. The molecule has 0 aliphatic carbocycles. The maximum Gasteiger partial charge on any atom is 0.240 e. The Morgan fingerprint density at radius 2 is 1.96 bits per heavy atom. The van der Waals surface area contributed by atoms with Gasteiger partial charge in [-0.2, -0.15) is 0 Å². The van der Waals surface area contributed by atoms with Crippen LogP contribution < -0.4 is 10.0 Å². The monoisotopic (exact) mass is 422 g/mol. The van der Waals surface area contributed by atoms with Crippen LogP contribution in [0.15, 0.2) is 23.6 Å². The van der Waals surface area contributed by atoms with Crippen LogP contribution in [0.2, 0.25) is 0 Å². The minimum Gasteiger partial charge on any atom is -0.301 e. The fourth-order valence-electron chi connectivity index (χ4n) is 3.24. The van der Waals surface area contributed by atoms with Crippen LogP contribution in [-0.2, 0) is 14.8 Å². The van der Waals surface area contributed by atoms with Crippen molar-refractivity contribution in [1.29, 1.82) is 0 Å². The average Bonchev–Trinajstić information content (AvgIpc) is 3.06. The Kier molecular flexibility index (Phi) is 6.49. The van der Waals surface area contributed by atoms with E-state index in [-0.39, 0.29) is 18.5 Å². The molecule has 1 aliphatic heterocycles. The number of carbonyl (C=O) groups is 1. The lowest BCUT2D eigenvalue weighted by Gasteiger charge is -2.31. The number of sulfonamides is 1. The maximum atomic E-state index is 12.3. The first-order chi connectivity index (χ1) is 13.2. The van der Waals surface area contributed by atoms with Gasteiger partial charge in [-0.3, -0.25) is 9.69 Å². The van der Waals surface area contributed by atoms with Crippen LogP contribution in [0, 0.1) is 13.8 Å². The first-order valence-electron chi connectivity index (χ1n) is 9.22. The molecule has 152 valence electrons. The van der Waals surface area contributed by atoms with Gasteiger partial charge in [-0.15, -0.1) is 11.3 Å². The summed E-state index contributed by atoms with van der Waals surface area (Å²) in [7, 11) is -3.19. The number of hydrogen-bond donors (Lipinski definition) is 2. The maximum absolute atomic E-state index is 12.3. The van der Waals surface area contributed by atoms with Gasteiger partial charge >= 0.3 is 0 Å². The number of anilines is 1. The number of aryl methyl sites for hydroxylation is 2. The number of piperidine rings is 1. The molecule has 9 heteroatoms.